The second kappa shape index (κ2) is 7.02. The lowest BCUT2D eigenvalue weighted by Crippen LogP contribution is -2.35. The standard InChI is InChI=1S/C15H20N4O3S3/c1-9(2)16-14(20)18-15-17-11-6-7-19(8-12(11)24-15)25(21,22)13-5-4-10(3)23-13/h4-5,9H,6-8H2,1-3H3,(H2,16,17,18,20). The van der Waals surface area contributed by atoms with E-state index in [0.29, 0.717) is 28.9 Å². The fraction of sp³-hybridized carbons (Fsp3) is 0.467. The summed E-state index contributed by atoms with van der Waals surface area (Å²) in [4.78, 5) is 18.1. The Morgan fingerprint density at radius 3 is 2.72 bits per heavy atom. The van der Waals surface area contributed by atoms with E-state index in [2.05, 4.69) is 15.6 Å². The Hall–Kier alpha value is -1.49. The van der Waals surface area contributed by atoms with Crippen LogP contribution in [-0.4, -0.2) is 36.3 Å². The Kier molecular flexibility index (Phi) is 5.14. The topological polar surface area (TPSA) is 91.4 Å². The lowest BCUT2D eigenvalue weighted by molar-refractivity contribution is 0.250. The van der Waals surface area contributed by atoms with E-state index in [4.69, 9.17) is 0 Å². The zero-order valence-corrected chi connectivity index (χ0v) is 16.6. The number of rotatable bonds is 4. The van der Waals surface area contributed by atoms with Gasteiger partial charge in [0.15, 0.2) is 5.13 Å². The number of thiazole rings is 1. The summed E-state index contributed by atoms with van der Waals surface area (Å²) in [5.41, 5.74) is 0.860. The molecule has 1 aliphatic heterocycles. The first kappa shape index (κ1) is 18.3. The molecule has 0 aromatic carbocycles. The Balaban J connectivity index is 1.74. The summed E-state index contributed by atoms with van der Waals surface area (Å²) in [5.74, 6) is 0. The first-order chi connectivity index (χ1) is 11.8. The highest BCUT2D eigenvalue weighted by Crippen LogP contribution is 2.32. The number of carbonyl (C=O) groups excluding carboxylic acids is 1. The molecule has 10 heteroatoms. The fourth-order valence-electron chi connectivity index (χ4n) is 2.50. The van der Waals surface area contributed by atoms with Crippen molar-refractivity contribution in [1.82, 2.24) is 14.6 Å². The van der Waals surface area contributed by atoms with Gasteiger partial charge in [0.2, 0.25) is 0 Å². The van der Waals surface area contributed by atoms with Gasteiger partial charge in [-0.1, -0.05) is 11.3 Å². The third-order valence-corrected chi connectivity index (χ3v) is 7.96. The van der Waals surface area contributed by atoms with Gasteiger partial charge < -0.3 is 5.32 Å². The Labute approximate surface area is 155 Å². The van der Waals surface area contributed by atoms with Crippen LogP contribution in [0.15, 0.2) is 16.3 Å². The minimum atomic E-state index is -3.48. The van der Waals surface area contributed by atoms with Gasteiger partial charge in [-0.25, -0.2) is 18.2 Å². The number of carbonyl (C=O) groups is 1. The van der Waals surface area contributed by atoms with Gasteiger partial charge in [-0.15, -0.1) is 11.3 Å². The maximum Gasteiger partial charge on any atom is 0.321 e. The normalized spacial score (nSPS) is 15.2. The molecular weight excluding hydrogens is 380 g/mol. The number of aromatic nitrogens is 1. The van der Waals surface area contributed by atoms with Crippen LogP contribution in [0.4, 0.5) is 9.93 Å². The summed E-state index contributed by atoms with van der Waals surface area (Å²) in [7, 11) is -3.48. The van der Waals surface area contributed by atoms with Crippen LogP contribution in [0.1, 0.15) is 29.3 Å². The van der Waals surface area contributed by atoms with Crippen molar-refractivity contribution in [2.75, 3.05) is 11.9 Å². The third-order valence-electron chi connectivity index (χ3n) is 3.65. The van der Waals surface area contributed by atoms with Crippen molar-refractivity contribution < 1.29 is 13.2 Å². The van der Waals surface area contributed by atoms with E-state index in [9.17, 15) is 13.2 Å². The van der Waals surface area contributed by atoms with Crippen molar-refractivity contribution >= 4 is 43.9 Å². The summed E-state index contributed by atoms with van der Waals surface area (Å²) in [5, 5.41) is 5.95. The van der Waals surface area contributed by atoms with Gasteiger partial charge in [0, 0.05) is 28.8 Å². The molecule has 0 aliphatic carbocycles. The quantitative estimate of drug-likeness (QED) is 0.826. The SMILES string of the molecule is Cc1ccc(S(=O)(=O)N2CCc3nc(NC(=O)NC(C)C)sc3C2)s1. The molecule has 7 nitrogen and oxygen atoms in total. The molecule has 0 unspecified atom stereocenters. The number of fused-ring (bicyclic) bond motifs is 1. The minimum Gasteiger partial charge on any atom is -0.336 e. The number of urea groups is 1. The zero-order chi connectivity index (χ0) is 18.2. The molecule has 3 rings (SSSR count). The van der Waals surface area contributed by atoms with E-state index < -0.39 is 10.0 Å². The van der Waals surface area contributed by atoms with Gasteiger partial charge >= 0.3 is 6.03 Å². The molecule has 2 amide bonds. The van der Waals surface area contributed by atoms with Gasteiger partial charge in [0.05, 0.1) is 12.2 Å². The van der Waals surface area contributed by atoms with Crippen LogP contribution in [0, 0.1) is 6.92 Å². The number of nitrogens with one attached hydrogen (secondary N) is 2. The summed E-state index contributed by atoms with van der Waals surface area (Å²) in [6.45, 7) is 6.33. The summed E-state index contributed by atoms with van der Waals surface area (Å²) in [6, 6.07) is 3.19. The number of hydrogen-bond donors (Lipinski definition) is 2. The first-order valence-electron chi connectivity index (χ1n) is 7.88. The summed E-state index contributed by atoms with van der Waals surface area (Å²) >= 11 is 2.61. The van der Waals surface area contributed by atoms with Crippen LogP contribution in [-0.2, 0) is 23.0 Å². The van der Waals surface area contributed by atoms with Crippen molar-refractivity contribution in [2.24, 2.45) is 0 Å². The molecule has 3 heterocycles. The van der Waals surface area contributed by atoms with E-state index in [0.717, 1.165) is 15.4 Å². The average molecular weight is 401 g/mol. The third kappa shape index (κ3) is 4.02. The van der Waals surface area contributed by atoms with E-state index in [1.54, 1.807) is 6.07 Å². The van der Waals surface area contributed by atoms with Crippen molar-refractivity contribution in [3.05, 3.63) is 27.6 Å². The molecule has 0 spiro atoms. The largest absolute Gasteiger partial charge is 0.336 e. The molecular formula is C15H20N4O3S3. The van der Waals surface area contributed by atoms with Crippen LogP contribution < -0.4 is 10.6 Å². The number of hydrogen-bond acceptors (Lipinski definition) is 6. The molecule has 0 saturated heterocycles. The van der Waals surface area contributed by atoms with E-state index in [-0.39, 0.29) is 12.1 Å². The zero-order valence-electron chi connectivity index (χ0n) is 14.2. The fourth-order valence-corrected chi connectivity index (χ4v) is 6.45. The van der Waals surface area contributed by atoms with Crippen LogP contribution in [0.2, 0.25) is 0 Å². The highest BCUT2D eigenvalue weighted by Gasteiger charge is 2.31. The van der Waals surface area contributed by atoms with Crippen LogP contribution >= 0.6 is 22.7 Å². The number of thiophene rings is 1. The highest BCUT2D eigenvalue weighted by molar-refractivity contribution is 7.91. The molecule has 136 valence electrons. The summed E-state index contributed by atoms with van der Waals surface area (Å²) in [6.07, 6.45) is 0.545. The molecule has 2 aromatic rings. The number of aryl methyl sites for hydroxylation is 1. The van der Waals surface area contributed by atoms with Crippen molar-refractivity contribution in [1.29, 1.82) is 0 Å². The monoisotopic (exact) mass is 400 g/mol. The minimum absolute atomic E-state index is 0.0319. The van der Waals surface area contributed by atoms with E-state index in [1.807, 2.05) is 26.8 Å². The lowest BCUT2D eigenvalue weighted by atomic mass is 10.2. The Bertz CT molecular complexity index is 886. The lowest BCUT2D eigenvalue weighted by Gasteiger charge is -2.24. The predicted octanol–water partition coefficient (Wildman–Crippen LogP) is 2.79. The van der Waals surface area contributed by atoms with Crippen molar-refractivity contribution in [3.63, 3.8) is 0 Å². The van der Waals surface area contributed by atoms with Gasteiger partial charge in [0.25, 0.3) is 10.0 Å². The average Bonchev–Trinajstić information content (AvgIpc) is 3.11. The van der Waals surface area contributed by atoms with Gasteiger partial charge in [-0.2, -0.15) is 4.31 Å². The second-order valence-corrected chi connectivity index (χ2v) is 10.6. The molecule has 0 atom stereocenters. The Morgan fingerprint density at radius 2 is 2.08 bits per heavy atom. The first-order valence-corrected chi connectivity index (χ1v) is 11.0. The van der Waals surface area contributed by atoms with Gasteiger partial charge in [-0.3, -0.25) is 5.32 Å². The predicted molar refractivity (Wildman–Crippen MR) is 99.8 cm³/mol. The smallest absolute Gasteiger partial charge is 0.321 e. The Morgan fingerprint density at radius 1 is 1.32 bits per heavy atom. The van der Waals surface area contributed by atoms with E-state index in [1.165, 1.54) is 27.0 Å². The number of anilines is 1. The van der Waals surface area contributed by atoms with Gasteiger partial charge in [-0.05, 0) is 32.9 Å². The van der Waals surface area contributed by atoms with Crippen LogP contribution in [0.25, 0.3) is 0 Å². The van der Waals surface area contributed by atoms with E-state index >= 15 is 0 Å². The molecule has 1 aliphatic rings. The maximum atomic E-state index is 12.8. The maximum absolute atomic E-state index is 12.8. The highest BCUT2D eigenvalue weighted by atomic mass is 32.2. The molecule has 2 aromatic heterocycles. The molecule has 0 radical (unpaired) electrons. The molecule has 0 bridgehead atoms. The van der Waals surface area contributed by atoms with Crippen molar-refractivity contribution in [3.8, 4) is 0 Å². The number of nitrogens with zero attached hydrogens (tertiary/aromatic N) is 2. The molecule has 2 N–H and O–H groups in total. The second-order valence-electron chi connectivity index (χ2n) is 6.10. The van der Waals surface area contributed by atoms with Crippen molar-refractivity contribution in [2.45, 2.75) is 44.0 Å². The molecule has 0 fully saturated rings. The van der Waals surface area contributed by atoms with Gasteiger partial charge in [0.1, 0.15) is 4.21 Å². The molecule has 25 heavy (non-hydrogen) atoms. The number of amides is 2. The van der Waals surface area contributed by atoms with Crippen LogP contribution in [0.5, 0.6) is 0 Å². The van der Waals surface area contributed by atoms with Crippen LogP contribution in [0.3, 0.4) is 0 Å². The molecule has 0 saturated carbocycles. The summed E-state index contributed by atoms with van der Waals surface area (Å²) < 4.78 is 27.4. The number of sulfonamides is 1.